The van der Waals surface area contributed by atoms with Gasteiger partial charge >= 0.3 is 5.97 Å². The minimum atomic E-state index is -0.708. The average Bonchev–Trinajstić information content (AvgIpc) is 3.37. The zero-order chi connectivity index (χ0) is 24.5. The smallest absolute Gasteiger partial charge is 0.325 e. The van der Waals surface area contributed by atoms with Crippen molar-refractivity contribution in [3.8, 4) is 11.5 Å². The van der Waals surface area contributed by atoms with Crippen LogP contribution in [0, 0.1) is 0 Å². The minimum Gasteiger partial charge on any atom is -0.454 e. The van der Waals surface area contributed by atoms with Gasteiger partial charge < -0.3 is 24.8 Å². The summed E-state index contributed by atoms with van der Waals surface area (Å²) >= 11 is 0. The maximum absolute atomic E-state index is 12.2. The molecule has 8 nitrogen and oxygen atoms in total. The second kappa shape index (κ2) is 11.7. The molecule has 2 amide bonds. The van der Waals surface area contributed by atoms with Gasteiger partial charge in [0.05, 0.1) is 0 Å². The van der Waals surface area contributed by atoms with Crippen LogP contribution < -0.4 is 20.1 Å². The Labute approximate surface area is 203 Å². The molecule has 0 aromatic heterocycles. The van der Waals surface area contributed by atoms with Crippen LogP contribution in [0.2, 0.25) is 0 Å². The van der Waals surface area contributed by atoms with Gasteiger partial charge in [-0.25, -0.2) is 0 Å². The molecule has 0 saturated heterocycles. The maximum Gasteiger partial charge on any atom is 0.325 e. The number of rotatable bonds is 10. The number of fused-ring (bicyclic) bond motifs is 1. The summed E-state index contributed by atoms with van der Waals surface area (Å²) in [5.41, 5.74) is 2.65. The summed E-state index contributed by atoms with van der Waals surface area (Å²) in [7, 11) is 0. The highest BCUT2D eigenvalue weighted by molar-refractivity contribution is 5.96. The van der Waals surface area contributed by atoms with Gasteiger partial charge in [0.15, 0.2) is 18.1 Å². The third-order valence-corrected chi connectivity index (χ3v) is 5.55. The van der Waals surface area contributed by atoms with Crippen LogP contribution in [0.1, 0.15) is 33.8 Å². The van der Waals surface area contributed by atoms with Gasteiger partial charge in [-0.3, -0.25) is 14.4 Å². The van der Waals surface area contributed by atoms with Gasteiger partial charge in [-0.15, -0.1) is 0 Å². The molecule has 0 atom stereocenters. The van der Waals surface area contributed by atoms with Crippen molar-refractivity contribution in [1.82, 2.24) is 10.6 Å². The summed E-state index contributed by atoms with van der Waals surface area (Å²) in [4.78, 5) is 36.4. The van der Waals surface area contributed by atoms with Gasteiger partial charge in [-0.1, -0.05) is 60.7 Å². The van der Waals surface area contributed by atoms with E-state index in [0.29, 0.717) is 30.0 Å². The van der Waals surface area contributed by atoms with Gasteiger partial charge in [0, 0.05) is 18.0 Å². The highest BCUT2D eigenvalue weighted by atomic mass is 16.7. The lowest BCUT2D eigenvalue weighted by molar-refractivity contribution is -0.147. The molecule has 0 bridgehead atoms. The molecule has 3 aromatic rings. The first-order valence-electron chi connectivity index (χ1n) is 11.3. The molecule has 180 valence electrons. The van der Waals surface area contributed by atoms with E-state index in [-0.39, 0.29) is 19.3 Å². The first kappa shape index (κ1) is 23.8. The molecule has 0 aliphatic carbocycles. The van der Waals surface area contributed by atoms with E-state index in [0.717, 1.165) is 11.1 Å². The lowest BCUT2D eigenvalue weighted by Gasteiger charge is -2.18. The van der Waals surface area contributed by atoms with Crippen LogP contribution in [-0.2, 0) is 14.3 Å². The number of hydrogen-bond acceptors (Lipinski definition) is 6. The Kier molecular flexibility index (Phi) is 7.96. The standard InChI is InChI=1S/C27H26N2O6/c30-25(28-14-13-22(19-7-3-1-4-8-19)20-9-5-2-6-10-20)17-33-26(31)16-29-27(32)21-11-12-23-24(15-21)35-18-34-23/h1-12,15,22H,13-14,16-18H2,(H,28,30)(H,29,32). The third kappa shape index (κ3) is 6.60. The van der Waals surface area contributed by atoms with E-state index >= 15 is 0 Å². The molecule has 2 N–H and O–H groups in total. The van der Waals surface area contributed by atoms with Crippen molar-refractivity contribution in [3.05, 3.63) is 95.6 Å². The number of carbonyl (C=O) groups excluding carboxylic acids is 3. The molecule has 3 aromatic carbocycles. The Morgan fingerprint density at radius 2 is 1.49 bits per heavy atom. The van der Waals surface area contributed by atoms with Crippen LogP contribution in [0.3, 0.4) is 0 Å². The van der Waals surface area contributed by atoms with Gasteiger partial charge in [0.1, 0.15) is 6.54 Å². The van der Waals surface area contributed by atoms with E-state index < -0.39 is 24.4 Å². The van der Waals surface area contributed by atoms with E-state index in [1.165, 1.54) is 6.07 Å². The van der Waals surface area contributed by atoms with Crippen LogP contribution in [0.4, 0.5) is 0 Å². The van der Waals surface area contributed by atoms with Crippen LogP contribution in [0.15, 0.2) is 78.9 Å². The number of benzene rings is 3. The van der Waals surface area contributed by atoms with E-state index in [1.807, 2.05) is 36.4 Å². The number of ether oxygens (including phenoxy) is 3. The lowest BCUT2D eigenvalue weighted by atomic mass is 9.88. The van der Waals surface area contributed by atoms with Gasteiger partial charge in [-0.05, 0) is 35.7 Å². The Morgan fingerprint density at radius 3 is 2.17 bits per heavy atom. The average molecular weight is 475 g/mol. The Hall–Kier alpha value is -4.33. The molecule has 1 aliphatic heterocycles. The summed E-state index contributed by atoms with van der Waals surface area (Å²) in [6.45, 7) is -0.246. The van der Waals surface area contributed by atoms with Gasteiger partial charge in [0.25, 0.3) is 11.8 Å². The second-order valence-corrected chi connectivity index (χ2v) is 7.92. The normalized spacial score (nSPS) is 11.7. The summed E-state index contributed by atoms with van der Waals surface area (Å²) in [6, 6.07) is 24.9. The molecule has 0 unspecified atom stereocenters. The SMILES string of the molecule is O=C(COC(=O)CNC(=O)c1ccc2c(c1)OCO2)NCCC(c1ccccc1)c1ccccc1. The molecule has 35 heavy (non-hydrogen) atoms. The van der Waals surface area contributed by atoms with E-state index in [2.05, 4.69) is 34.9 Å². The second-order valence-electron chi connectivity index (χ2n) is 7.92. The number of carbonyl (C=O) groups is 3. The van der Waals surface area contributed by atoms with Crippen LogP contribution in [0.5, 0.6) is 11.5 Å². The van der Waals surface area contributed by atoms with Crippen molar-refractivity contribution in [2.24, 2.45) is 0 Å². The zero-order valence-electron chi connectivity index (χ0n) is 19.1. The highest BCUT2D eigenvalue weighted by Crippen LogP contribution is 2.32. The summed E-state index contributed by atoms with van der Waals surface area (Å²) in [6.07, 6.45) is 0.694. The van der Waals surface area contributed by atoms with Crippen LogP contribution in [0.25, 0.3) is 0 Å². The van der Waals surface area contributed by atoms with Crippen LogP contribution >= 0.6 is 0 Å². The van der Waals surface area contributed by atoms with Crippen molar-refractivity contribution < 1.29 is 28.6 Å². The van der Waals surface area contributed by atoms with E-state index in [1.54, 1.807) is 12.1 Å². The topological polar surface area (TPSA) is 103 Å². The Morgan fingerprint density at radius 1 is 0.829 bits per heavy atom. The molecule has 0 saturated carbocycles. The summed E-state index contributed by atoms with van der Waals surface area (Å²) in [5.74, 6) is -0.408. The quantitative estimate of drug-likeness (QED) is 0.438. The van der Waals surface area contributed by atoms with Crippen molar-refractivity contribution in [2.45, 2.75) is 12.3 Å². The molecule has 0 radical (unpaired) electrons. The third-order valence-electron chi connectivity index (χ3n) is 5.55. The van der Waals surface area contributed by atoms with E-state index in [9.17, 15) is 14.4 Å². The maximum atomic E-state index is 12.2. The number of nitrogens with one attached hydrogen (secondary N) is 2. The first-order chi connectivity index (χ1) is 17.1. The molecule has 1 heterocycles. The van der Waals surface area contributed by atoms with Gasteiger partial charge in [0.2, 0.25) is 6.79 Å². The highest BCUT2D eigenvalue weighted by Gasteiger charge is 2.18. The monoisotopic (exact) mass is 474 g/mol. The molecule has 1 aliphatic rings. The summed E-state index contributed by atoms with van der Waals surface area (Å²) in [5, 5.41) is 5.26. The number of hydrogen-bond donors (Lipinski definition) is 2. The molecule has 0 spiro atoms. The molecular formula is C27H26N2O6. The van der Waals surface area contributed by atoms with Crippen molar-refractivity contribution in [2.75, 3.05) is 26.5 Å². The van der Waals surface area contributed by atoms with Crippen LogP contribution in [-0.4, -0.2) is 44.3 Å². The fourth-order valence-electron chi connectivity index (χ4n) is 3.79. The molecular weight excluding hydrogens is 448 g/mol. The molecule has 4 rings (SSSR count). The Bertz CT molecular complexity index is 1130. The zero-order valence-corrected chi connectivity index (χ0v) is 19.1. The fraction of sp³-hybridized carbons (Fsp3) is 0.222. The number of amides is 2. The molecule has 8 heteroatoms. The van der Waals surface area contributed by atoms with E-state index in [4.69, 9.17) is 14.2 Å². The Balaban J connectivity index is 1.19. The molecule has 0 fully saturated rings. The van der Waals surface area contributed by atoms with Gasteiger partial charge in [-0.2, -0.15) is 0 Å². The first-order valence-corrected chi connectivity index (χ1v) is 11.3. The van der Waals surface area contributed by atoms with Crippen molar-refractivity contribution in [1.29, 1.82) is 0 Å². The number of esters is 1. The predicted molar refractivity (Wildman–Crippen MR) is 128 cm³/mol. The van der Waals surface area contributed by atoms with Crippen molar-refractivity contribution >= 4 is 17.8 Å². The predicted octanol–water partition coefficient (Wildman–Crippen LogP) is 3.03. The largest absolute Gasteiger partial charge is 0.454 e. The fourth-order valence-corrected chi connectivity index (χ4v) is 3.79. The minimum absolute atomic E-state index is 0.105. The van der Waals surface area contributed by atoms with Crippen molar-refractivity contribution in [3.63, 3.8) is 0 Å². The summed E-state index contributed by atoms with van der Waals surface area (Å²) < 4.78 is 15.4. The lowest BCUT2D eigenvalue weighted by Crippen LogP contribution is -2.34.